The first kappa shape index (κ1) is 35.7. The molecule has 0 saturated carbocycles. The summed E-state index contributed by atoms with van der Waals surface area (Å²) >= 11 is 6.30. The zero-order valence-corrected chi connectivity index (χ0v) is 28.9. The molecule has 3 aromatic carbocycles. The van der Waals surface area contributed by atoms with Gasteiger partial charge in [-0.15, -0.1) is 0 Å². The smallest absolute Gasteiger partial charge is 0.407 e. The summed E-state index contributed by atoms with van der Waals surface area (Å²) in [6.07, 6.45) is -0.725. The van der Waals surface area contributed by atoms with Gasteiger partial charge in [-0.3, -0.25) is 14.5 Å². The van der Waals surface area contributed by atoms with Crippen molar-refractivity contribution in [1.29, 1.82) is 0 Å². The summed E-state index contributed by atoms with van der Waals surface area (Å²) in [5.74, 6) is 0.213. The molecule has 2 N–H and O–H groups in total. The maximum Gasteiger partial charge on any atom is 0.407 e. The Morgan fingerprint density at radius 3 is 2.30 bits per heavy atom. The van der Waals surface area contributed by atoms with E-state index in [1.165, 1.54) is 61.2 Å². The molecule has 2 atom stereocenters. The summed E-state index contributed by atoms with van der Waals surface area (Å²) in [5.41, 5.74) is 0.589. The van der Waals surface area contributed by atoms with Crippen LogP contribution in [-0.2, 0) is 9.53 Å². The van der Waals surface area contributed by atoms with Gasteiger partial charge in [-0.2, -0.15) is 0 Å². The van der Waals surface area contributed by atoms with Crippen molar-refractivity contribution >= 4 is 51.9 Å². The Hall–Kier alpha value is -5.57. The minimum atomic E-state index is -0.922. The molecule has 1 fully saturated rings. The molecule has 4 amide bonds. The number of benzene rings is 3. The molecule has 14 nitrogen and oxygen atoms in total. The third kappa shape index (κ3) is 7.52. The molecule has 0 aliphatic carbocycles. The molecule has 268 valence electrons. The van der Waals surface area contributed by atoms with E-state index in [9.17, 15) is 23.6 Å². The minimum absolute atomic E-state index is 0. The topological polar surface area (TPSA) is 148 Å². The number of aromatic nitrogens is 2. The van der Waals surface area contributed by atoms with Crippen LogP contribution >= 0.6 is 11.6 Å². The van der Waals surface area contributed by atoms with Crippen molar-refractivity contribution in [3.05, 3.63) is 87.7 Å². The summed E-state index contributed by atoms with van der Waals surface area (Å²) in [4.78, 5) is 61.2. The lowest BCUT2D eigenvalue weighted by molar-refractivity contribution is -0.133. The van der Waals surface area contributed by atoms with Crippen molar-refractivity contribution in [3.8, 4) is 11.5 Å². The van der Waals surface area contributed by atoms with Crippen molar-refractivity contribution < 1.29 is 35.8 Å². The molecule has 1 aliphatic rings. The largest absolute Gasteiger partial charge is 0.497 e. The Morgan fingerprint density at radius 1 is 0.960 bits per heavy atom. The number of nitrogens with one attached hydrogen (secondary N) is 2. The quantitative estimate of drug-likeness (QED) is 0.244. The first-order chi connectivity index (χ1) is 23.9. The van der Waals surface area contributed by atoms with Gasteiger partial charge >= 0.3 is 12.1 Å². The van der Waals surface area contributed by atoms with E-state index in [0.717, 1.165) is 0 Å². The van der Waals surface area contributed by atoms with Crippen LogP contribution < -0.4 is 35.6 Å². The first-order valence-electron chi connectivity index (χ1n) is 15.6. The third-order valence-corrected chi connectivity index (χ3v) is 8.53. The summed E-state index contributed by atoms with van der Waals surface area (Å²) in [7, 11) is 4.17. The summed E-state index contributed by atoms with van der Waals surface area (Å²) < 4.78 is 30.8. The second-order valence-corrected chi connectivity index (χ2v) is 11.8. The normalized spacial score (nSPS) is 14.1. The maximum atomic E-state index is 14.3. The van der Waals surface area contributed by atoms with Crippen LogP contribution in [0.3, 0.4) is 0 Å². The molecule has 1 aromatic heterocycles. The van der Waals surface area contributed by atoms with Crippen LogP contribution in [0.4, 0.5) is 25.4 Å². The molecule has 5 rings (SSSR count). The number of nitrogens with zero attached hydrogens (tertiary/aromatic N) is 5. The fourth-order valence-electron chi connectivity index (χ4n) is 5.71. The minimum Gasteiger partial charge on any atom is -0.497 e. The molecular formula is C34H41ClFN7O7. The van der Waals surface area contributed by atoms with Crippen LogP contribution in [0.15, 0.2) is 65.5 Å². The van der Waals surface area contributed by atoms with Gasteiger partial charge in [0.05, 0.1) is 57.1 Å². The number of ether oxygens (including phenoxy) is 3. The number of halogens is 2. The summed E-state index contributed by atoms with van der Waals surface area (Å²) in [6, 6.07) is 12.6. The lowest BCUT2D eigenvalue weighted by atomic mass is 10.1. The maximum absolute atomic E-state index is 14.3. The highest BCUT2D eigenvalue weighted by atomic mass is 35.5. The van der Waals surface area contributed by atoms with Gasteiger partial charge < -0.3 is 34.8 Å². The highest BCUT2D eigenvalue weighted by molar-refractivity contribution is 6.31. The van der Waals surface area contributed by atoms with E-state index < -0.39 is 35.6 Å². The molecule has 2 heterocycles. The average Bonchev–Trinajstić information content (AvgIpc) is 3.12. The Kier molecular flexibility index (Phi) is 11.0. The Balaban J connectivity index is 0.00000364. The lowest BCUT2D eigenvalue weighted by Crippen LogP contribution is -2.59. The molecule has 0 bridgehead atoms. The van der Waals surface area contributed by atoms with Gasteiger partial charge in [0.25, 0.3) is 5.56 Å². The number of carbonyl (C=O) groups is 3. The zero-order valence-electron chi connectivity index (χ0n) is 28.1. The number of anilines is 2. The number of carbonyl (C=O) groups excluding carboxylic acids is 3. The van der Waals surface area contributed by atoms with E-state index >= 15 is 0 Å². The number of amides is 4. The second-order valence-electron chi connectivity index (χ2n) is 11.4. The van der Waals surface area contributed by atoms with Crippen molar-refractivity contribution in [1.82, 2.24) is 19.9 Å². The Morgan fingerprint density at radius 2 is 1.66 bits per heavy atom. The van der Waals surface area contributed by atoms with Gasteiger partial charge in [0.2, 0.25) is 5.91 Å². The van der Waals surface area contributed by atoms with Gasteiger partial charge in [-0.05, 0) is 68.4 Å². The highest BCUT2D eigenvalue weighted by Crippen LogP contribution is 2.37. The van der Waals surface area contributed by atoms with E-state index in [0.29, 0.717) is 33.4 Å². The van der Waals surface area contributed by atoms with Crippen LogP contribution in [0, 0.1) is 5.82 Å². The van der Waals surface area contributed by atoms with Gasteiger partial charge in [0.15, 0.2) is 5.82 Å². The highest BCUT2D eigenvalue weighted by Gasteiger charge is 2.33. The number of piperazine rings is 1. The monoisotopic (exact) mass is 713 g/mol. The van der Waals surface area contributed by atoms with E-state index in [2.05, 4.69) is 15.4 Å². The first-order valence-corrected chi connectivity index (χ1v) is 16.0. The summed E-state index contributed by atoms with van der Waals surface area (Å²) in [5, 5.41) is 7.64. The molecule has 0 radical (unpaired) electrons. The molecule has 1 aliphatic heterocycles. The fourth-order valence-corrected chi connectivity index (χ4v) is 5.88. The predicted molar refractivity (Wildman–Crippen MR) is 191 cm³/mol. The van der Waals surface area contributed by atoms with Crippen molar-refractivity contribution in [3.63, 3.8) is 0 Å². The number of hydrogen-bond donors (Lipinski definition) is 2. The van der Waals surface area contributed by atoms with Crippen LogP contribution in [0.5, 0.6) is 11.5 Å². The summed E-state index contributed by atoms with van der Waals surface area (Å²) in [6.45, 7) is 4.16. The molecule has 16 heteroatoms. The van der Waals surface area contributed by atoms with Crippen molar-refractivity contribution in [2.75, 3.05) is 62.7 Å². The third-order valence-electron chi connectivity index (χ3n) is 8.30. The van der Waals surface area contributed by atoms with E-state index in [4.69, 9.17) is 26.1 Å². The van der Waals surface area contributed by atoms with Gasteiger partial charge in [0, 0.05) is 32.7 Å². The van der Waals surface area contributed by atoms with Crippen molar-refractivity contribution in [2.45, 2.75) is 25.9 Å². The molecular weight excluding hydrogens is 673 g/mol. The van der Waals surface area contributed by atoms with Gasteiger partial charge in [-0.1, -0.05) is 11.6 Å². The number of rotatable bonds is 9. The zero-order chi connectivity index (χ0) is 36.1. The number of methoxy groups -OCH3 is 3. The second kappa shape index (κ2) is 15.3. The Bertz CT molecular complexity index is 1960. The SMILES string of the molecule is COC(=O)N[C@@H](C)C(=O)N1CCN(n2c(C(C)N(C(=O)Nc3ccc(F)cc3)c3ccc(OC)cc3OC)nc3ccc(Cl)cc3c2=O)CC1.[HH].[HH]. The van der Waals surface area contributed by atoms with Crippen LogP contribution in [0.2, 0.25) is 5.02 Å². The number of fused-ring (bicyclic) bond motifs is 1. The molecule has 4 aromatic rings. The molecule has 50 heavy (non-hydrogen) atoms. The lowest BCUT2D eigenvalue weighted by Gasteiger charge is -2.39. The van der Waals surface area contributed by atoms with E-state index in [-0.39, 0.29) is 46.2 Å². The van der Waals surface area contributed by atoms with Crippen molar-refractivity contribution in [2.24, 2.45) is 0 Å². The molecule has 1 saturated heterocycles. The van der Waals surface area contributed by atoms with Crippen LogP contribution in [-0.4, -0.2) is 86.1 Å². The average molecular weight is 714 g/mol. The van der Waals surface area contributed by atoms with E-state index in [1.807, 2.05) is 0 Å². The molecule has 1 unspecified atom stereocenters. The number of urea groups is 1. The van der Waals surface area contributed by atoms with E-state index in [1.54, 1.807) is 54.1 Å². The van der Waals surface area contributed by atoms with Crippen LogP contribution in [0.25, 0.3) is 10.9 Å². The number of alkyl carbamates (subject to hydrolysis) is 1. The van der Waals surface area contributed by atoms with Gasteiger partial charge in [-0.25, -0.2) is 23.6 Å². The Labute approximate surface area is 295 Å². The van der Waals surface area contributed by atoms with Gasteiger partial charge in [0.1, 0.15) is 23.4 Å². The van der Waals surface area contributed by atoms with Crippen LogP contribution in [0.1, 0.15) is 28.6 Å². The standard InChI is InChI=1S/C34H37ClFN7O7.2H2/c1-20(37-34(47)50-5)31(44)40-14-16-41(17-15-40)43-30(39-27-12-6-22(35)18-26(27)32(43)45)21(2)42(28-13-11-25(48-3)19-29(28)49-4)33(46)38-24-9-7-23(36)8-10-24;;/h6-13,18-21H,14-17H2,1-5H3,(H,37,47)(H,38,46);2*1H/t20-,21?;;/m0../s1. The predicted octanol–water partition coefficient (Wildman–Crippen LogP) is 5.02. The number of hydrogen-bond acceptors (Lipinski definition) is 9. The fraction of sp³-hybridized carbons (Fsp3) is 0.324. The molecule has 0 spiro atoms.